The van der Waals surface area contributed by atoms with Gasteiger partial charge >= 0.3 is 6.09 Å². The van der Waals surface area contributed by atoms with Crippen molar-refractivity contribution in [1.82, 2.24) is 10.3 Å². The first kappa shape index (κ1) is 20.7. The van der Waals surface area contributed by atoms with Gasteiger partial charge in [0.25, 0.3) is 0 Å². The molecule has 0 aliphatic rings. The Hall–Kier alpha value is -2.61. The number of hydrogen-bond acceptors (Lipinski definition) is 6. The van der Waals surface area contributed by atoms with Crippen LogP contribution in [0.1, 0.15) is 27.7 Å². The van der Waals surface area contributed by atoms with Crippen molar-refractivity contribution in [2.75, 3.05) is 19.0 Å². The van der Waals surface area contributed by atoms with Gasteiger partial charge in [0, 0.05) is 12.1 Å². The second-order valence-corrected chi connectivity index (χ2v) is 8.07. The number of benzene rings is 1. The van der Waals surface area contributed by atoms with E-state index in [1.54, 1.807) is 41.0 Å². The van der Waals surface area contributed by atoms with Gasteiger partial charge < -0.3 is 20.1 Å². The fourth-order valence-corrected chi connectivity index (χ4v) is 2.92. The van der Waals surface area contributed by atoms with E-state index in [0.29, 0.717) is 5.00 Å². The minimum Gasteiger partial charge on any atom is -0.497 e. The molecule has 0 radical (unpaired) electrons. The first-order valence-corrected chi connectivity index (χ1v) is 9.37. The highest BCUT2D eigenvalue weighted by molar-refractivity contribution is 7.19. The van der Waals surface area contributed by atoms with Crippen LogP contribution in [-0.4, -0.2) is 36.2 Å². The molecule has 7 nitrogen and oxygen atoms in total. The van der Waals surface area contributed by atoms with Crippen molar-refractivity contribution >= 4 is 28.3 Å². The molecule has 1 heterocycles. The Morgan fingerprint density at radius 2 is 2.04 bits per heavy atom. The van der Waals surface area contributed by atoms with E-state index in [0.717, 1.165) is 16.3 Å². The van der Waals surface area contributed by atoms with Crippen molar-refractivity contribution in [3.63, 3.8) is 0 Å². The number of aromatic nitrogens is 1. The monoisotopic (exact) mass is 391 g/mol. The third-order valence-electron chi connectivity index (χ3n) is 3.47. The predicted molar refractivity (Wildman–Crippen MR) is 106 cm³/mol. The van der Waals surface area contributed by atoms with Crippen LogP contribution in [-0.2, 0) is 9.53 Å². The summed E-state index contributed by atoms with van der Waals surface area (Å²) in [6.45, 7) is 7.27. The Morgan fingerprint density at radius 1 is 1.30 bits per heavy atom. The fraction of sp³-hybridized carbons (Fsp3) is 0.421. The maximum absolute atomic E-state index is 12.3. The molecule has 0 spiro atoms. The highest BCUT2D eigenvalue weighted by atomic mass is 32.1. The molecule has 2 amide bonds. The number of alkyl carbamates (subject to hydrolysis) is 1. The van der Waals surface area contributed by atoms with Crippen LogP contribution in [0.5, 0.6) is 5.75 Å². The second kappa shape index (κ2) is 8.85. The lowest BCUT2D eigenvalue weighted by molar-refractivity contribution is -0.119. The number of anilines is 1. The molecule has 2 N–H and O–H groups in total. The molecule has 1 atom stereocenters. The van der Waals surface area contributed by atoms with Crippen LogP contribution in [0.4, 0.5) is 9.80 Å². The summed E-state index contributed by atoms with van der Waals surface area (Å²) in [4.78, 5) is 28.3. The van der Waals surface area contributed by atoms with Crippen molar-refractivity contribution < 1.29 is 19.1 Å². The smallest absolute Gasteiger partial charge is 0.407 e. The number of methoxy groups -OCH3 is 1. The van der Waals surface area contributed by atoms with Gasteiger partial charge in [-0.2, -0.15) is 0 Å². The Labute approximate surface area is 163 Å². The molecule has 1 aromatic heterocycles. The Balaban J connectivity index is 1.90. The van der Waals surface area contributed by atoms with Crippen molar-refractivity contribution in [2.45, 2.75) is 33.3 Å². The van der Waals surface area contributed by atoms with Gasteiger partial charge in [0.2, 0.25) is 5.91 Å². The molecule has 27 heavy (non-hydrogen) atoms. The molecular weight excluding hydrogens is 366 g/mol. The molecule has 146 valence electrons. The van der Waals surface area contributed by atoms with Gasteiger partial charge in [-0.1, -0.05) is 30.4 Å². The fourth-order valence-electron chi connectivity index (χ4n) is 2.11. The average molecular weight is 391 g/mol. The molecule has 0 fully saturated rings. The maximum atomic E-state index is 12.3. The molecule has 0 saturated heterocycles. The van der Waals surface area contributed by atoms with Crippen molar-refractivity contribution in [3.8, 4) is 16.3 Å². The highest BCUT2D eigenvalue weighted by Gasteiger charge is 2.19. The van der Waals surface area contributed by atoms with Gasteiger partial charge in [-0.3, -0.25) is 4.79 Å². The number of thiazole rings is 1. The van der Waals surface area contributed by atoms with E-state index >= 15 is 0 Å². The molecule has 2 aromatic rings. The Bertz CT molecular complexity index is 798. The summed E-state index contributed by atoms with van der Waals surface area (Å²) < 4.78 is 10.4. The number of rotatable bonds is 6. The summed E-state index contributed by atoms with van der Waals surface area (Å²) in [5.41, 5.74) is 0.342. The molecule has 0 bridgehead atoms. The summed E-state index contributed by atoms with van der Waals surface area (Å²) in [6.07, 6.45) is 1.08. The lowest BCUT2D eigenvalue weighted by atomic mass is 10.1. The van der Waals surface area contributed by atoms with E-state index in [9.17, 15) is 9.59 Å². The number of carbonyl (C=O) groups excluding carboxylic acids is 2. The summed E-state index contributed by atoms with van der Waals surface area (Å²) in [5, 5.41) is 6.85. The van der Waals surface area contributed by atoms with Gasteiger partial charge in [-0.05, 0) is 32.9 Å². The van der Waals surface area contributed by atoms with Crippen molar-refractivity contribution in [3.05, 3.63) is 30.5 Å². The zero-order valence-electron chi connectivity index (χ0n) is 16.2. The van der Waals surface area contributed by atoms with Crippen molar-refractivity contribution in [1.29, 1.82) is 0 Å². The minimum absolute atomic E-state index is 0.183. The van der Waals surface area contributed by atoms with Gasteiger partial charge in [-0.25, -0.2) is 9.78 Å². The number of carbonyl (C=O) groups is 2. The number of hydrogen-bond donors (Lipinski definition) is 2. The predicted octanol–water partition coefficient (Wildman–Crippen LogP) is 3.92. The summed E-state index contributed by atoms with van der Waals surface area (Å²) in [7, 11) is 1.61. The number of ether oxygens (including phenoxy) is 2. The third-order valence-corrected chi connectivity index (χ3v) is 4.43. The van der Waals surface area contributed by atoms with Crippen molar-refractivity contribution in [2.24, 2.45) is 5.92 Å². The third kappa shape index (κ3) is 6.56. The van der Waals surface area contributed by atoms with Crippen LogP contribution in [0.15, 0.2) is 30.5 Å². The maximum Gasteiger partial charge on any atom is 0.407 e. The molecule has 1 unspecified atom stereocenters. The van der Waals surface area contributed by atoms with Crippen LogP contribution >= 0.6 is 11.3 Å². The number of amides is 2. The molecule has 0 aliphatic heterocycles. The molecule has 2 rings (SSSR count). The highest BCUT2D eigenvalue weighted by Crippen LogP contribution is 2.30. The van der Waals surface area contributed by atoms with E-state index in [4.69, 9.17) is 9.47 Å². The van der Waals surface area contributed by atoms with Crippen LogP contribution in [0.2, 0.25) is 0 Å². The SMILES string of the molecule is COc1cccc(-c2ncc(NC(=O)C(C)CNC(=O)OC(C)(C)C)s2)c1. The first-order chi connectivity index (χ1) is 12.7. The van der Waals surface area contributed by atoms with Crippen LogP contribution in [0.3, 0.4) is 0 Å². The van der Waals surface area contributed by atoms with Crippen LogP contribution in [0.25, 0.3) is 10.6 Å². The molecule has 8 heteroatoms. The second-order valence-electron chi connectivity index (χ2n) is 7.03. The molecular formula is C19H25N3O4S. The van der Waals surface area contributed by atoms with E-state index in [1.807, 2.05) is 24.3 Å². The number of nitrogens with one attached hydrogen (secondary N) is 2. The largest absolute Gasteiger partial charge is 0.497 e. The standard InChI is InChI=1S/C19H25N3O4S/c1-12(10-21-18(24)26-19(2,3)4)16(23)22-15-11-20-17(27-15)13-7-6-8-14(9-13)25-5/h6-9,11-12H,10H2,1-5H3,(H,21,24)(H,22,23). The van der Waals surface area contributed by atoms with Crippen LogP contribution < -0.4 is 15.4 Å². The minimum atomic E-state index is -0.575. The Kier molecular flexibility index (Phi) is 6.79. The van der Waals surface area contributed by atoms with E-state index in [-0.39, 0.29) is 12.5 Å². The van der Waals surface area contributed by atoms with Gasteiger partial charge in [0.15, 0.2) is 0 Å². The topological polar surface area (TPSA) is 89.5 Å². The lowest BCUT2D eigenvalue weighted by Gasteiger charge is -2.20. The lowest BCUT2D eigenvalue weighted by Crippen LogP contribution is -2.37. The van der Waals surface area contributed by atoms with Crippen LogP contribution in [0, 0.1) is 5.92 Å². The zero-order valence-corrected chi connectivity index (χ0v) is 17.0. The van der Waals surface area contributed by atoms with E-state index < -0.39 is 17.6 Å². The van der Waals surface area contributed by atoms with Gasteiger partial charge in [-0.15, -0.1) is 0 Å². The summed E-state index contributed by atoms with van der Waals surface area (Å²) in [6, 6.07) is 7.57. The molecule has 0 aliphatic carbocycles. The molecule has 0 saturated carbocycles. The summed E-state index contributed by atoms with van der Waals surface area (Å²) >= 11 is 1.37. The first-order valence-electron chi connectivity index (χ1n) is 8.56. The quantitative estimate of drug-likeness (QED) is 0.779. The summed E-state index contributed by atoms with van der Waals surface area (Å²) in [5.74, 6) is 0.127. The Morgan fingerprint density at radius 3 is 2.70 bits per heavy atom. The average Bonchev–Trinajstić information content (AvgIpc) is 3.06. The molecule has 1 aromatic carbocycles. The van der Waals surface area contributed by atoms with E-state index in [1.165, 1.54) is 11.3 Å². The van der Waals surface area contributed by atoms with Gasteiger partial charge in [0.1, 0.15) is 21.4 Å². The van der Waals surface area contributed by atoms with Gasteiger partial charge in [0.05, 0.1) is 19.2 Å². The normalized spacial score (nSPS) is 12.2. The van der Waals surface area contributed by atoms with E-state index in [2.05, 4.69) is 15.6 Å². The number of nitrogens with zero attached hydrogens (tertiary/aromatic N) is 1. The zero-order chi connectivity index (χ0) is 20.0.